The van der Waals surface area contributed by atoms with Crippen LogP contribution in [0.1, 0.15) is 57.9 Å². The van der Waals surface area contributed by atoms with Crippen molar-refractivity contribution in [2.45, 2.75) is 26.1 Å². The Labute approximate surface area is 164 Å². The van der Waals surface area contributed by atoms with Gasteiger partial charge in [-0.25, -0.2) is 9.59 Å². The van der Waals surface area contributed by atoms with Crippen molar-refractivity contribution in [2.24, 2.45) is 0 Å². The van der Waals surface area contributed by atoms with E-state index in [1.165, 1.54) is 0 Å². The van der Waals surface area contributed by atoms with Gasteiger partial charge in [-0.15, -0.1) is 0 Å². The Balaban J connectivity index is 1.75. The van der Waals surface area contributed by atoms with Gasteiger partial charge in [0.1, 0.15) is 12.2 Å². The van der Waals surface area contributed by atoms with Crippen LogP contribution in [-0.4, -0.2) is 11.9 Å². The topological polar surface area (TPSA) is 52.6 Å². The summed E-state index contributed by atoms with van der Waals surface area (Å²) in [6.07, 6.45) is -0.859. The second kappa shape index (κ2) is 9.00. The molecule has 3 aromatic rings. The fourth-order valence-electron chi connectivity index (χ4n) is 2.87. The molecule has 3 rings (SSSR count). The first kappa shape index (κ1) is 19.4. The Morgan fingerprint density at radius 1 is 0.571 bits per heavy atom. The molecule has 4 nitrogen and oxygen atoms in total. The lowest BCUT2D eigenvalue weighted by Gasteiger charge is -2.17. The smallest absolute Gasteiger partial charge is 0.339 e. The van der Waals surface area contributed by atoms with Gasteiger partial charge < -0.3 is 9.47 Å². The monoisotopic (exact) mass is 374 g/mol. The van der Waals surface area contributed by atoms with Crippen molar-refractivity contribution in [1.29, 1.82) is 0 Å². The molecule has 0 spiro atoms. The number of ether oxygens (including phenoxy) is 2. The van der Waals surface area contributed by atoms with Crippen LogP contribution in [-0.2, 0) is 9.47 Å². The van der Waals surface area contributed by atoms with Crippen LogP contribution < -0.4 is 0 Å². The van der Waals surface area contributed by atoms with E-state index >= 15 is 0 Å². The molecular formula is C24H22O4. The molecule has 0 bridgehead atoms. The summed E-state index contributed by atoms with van der Waals surface area (Å²) < 4.78 is 11.1. The average Bonchev–Trinajstić information content (AvgIpc) is 2.74. The third-order valence-electron chi connectivity index (χ3n) is 4.47. The van der Waals surface area contributed by atoms with Crippen LogP contribution in [0.25, 0.3) is 0 Å². The van der Waals surface area contributed by atoms with E-state index in [2.05, 4.69) is 0 Å². The maximum atomic E-state index is 12.7. The molecule has 2 atom stereocenters. The van der Waals surface area contributed by atoms with Crippen molar-refractivity contribution < 1.29 is 19.1 Å². The van der Waals surface area contributed by atoms with Gasteiger partial charge in [-0.2, -0.15) is 0 Å². The normalized spacial score (nSPS) is 12.6. The van der Waals surface area contributed by atoms with Crippen molar-refractivity contribution >= 4 is 11.9 Å². The fraction of sp³-hybridized carbons (Fsp3) is 0.167. The zero-order chi connectivity index (χ0) is 19.9. The van der Waals surface area contributed by atoms with Gasteiger partial charge in [0.15, 0.2) is 0 Å². The molecule has 0 N–H and O–H groups in total. The minimum atomic E-state index is -0.559. The molecule has 0 radical (unpaired) electrons. The Hall–Kier alpha value is -3.40. The highest BCUT2D eigenvalue weighted by atomic mass is 16.5. The summed E-state index contributed by atoms with van der Waals surface area (Å²) in [4.78, 5) is 25.4. The lowest BCUT2D eigenvalue weighted by atomic mass is 10.1. The molecule has 4 heteroatoms. The van der Waals surface area contributed by atoms with Gasteiger partial charge in [0.25, 0.3) is 0 Å². The van der Waals surface area contributed by atoms with E-state index in [9.17, 15) is 9.59 Å². The first-order valence-electron chi connectivity index (χ1n) is 9.17. The number of esters is 2. The molecule has 0 heterocycles. The van der Waals surface area contributed by atoms with Crippen LogP contribution in [0.3, 0.4) is 0 Å². The molecule has 0 amide bonds. The Bertz CT molecular complexity index is 857. The average molecular weight is 374 g/mol. The molecular weight excluding hydrogens is 352 g/mol. The van der Waals surface area contributed by atoms with Crippen LogP contribution in [0.2, 0.25) is 0 Å². The van der Waals surface area contributed by atoms with E-state index in [1.807, 2.05) is 60.7 Å². The van der Waals surface area contributed by atoms with E-state index in [0.29, 0.717) is 0 Å². The van der Waals surface area contributed by atoms with E-state index in [0.717, 1.165) is 11.1 Å². The van der Waals surface area contributed by atoms with E-state index in [-0.39, 0.29) is 11.1 Å². The molecule has 28 heavy (non-hydrogen) atoms. The highest BCUT2D eigenvalue weighted by Gasteiger charge is 2.22. The number of hydrogen-bond acceptors (Lipinski definition) is 4. The minimum Gasteiger partial charge on any atom is -0.454 e. The molecule has 3 aromatic carbocycles. The zero-order valence-electron chi connectivity index (χ0n) is 15.9. The molecule has 0 saturated heterocycles. The van der Waals surface area contributed by atoms with Crippen LogP contribution in [0.15, 0.2) is 84.9 Å². The van der Waals surface area contributed by atoms with Crippen LogP contribution in [0.4, 0.5) is 0 Å². The van der Waals surface area contributed by atoms with Crippen LogP contribution in [0.5, 0.6) is 0 Å². The fourth-order valence-corrected chi connectivity index (χ4v) is 2.87. The minimum absolute atomic E-state index is 0.190. The van der Waals surface area contributed by atoms with Gasteiger partial charge >= 0.3 is 11.9 Å². The first-order chi connectivity index (χ1) is 13.6. The number of carbonyl (C=O) groups is 2. The van der Waals surface area contributed by atoms with E-state index in [1.54, 1.807) is 38.1 Å². The number of hydrogen-bond donors (Lipinski definition) is 0. The highest BCUT2D eigenvalue weighted by Crippen LogP contribution is 2.22. The molecule has 0 aliphatic rings. The molecule has 0 aliphatic heterocycles. The van der Waals surface area contributed by atoms with Crippen molar-refractivity contribution in [2.75, 3.05) is 0 Å². The second-order valence-electron chi connectivity index (χ2n) is 6.46. The predicted molar refractivity (Wildman–Crippen MR) is 107 cm³/mol. The SMILES string of the molecule is CC(OC(=O)c1ccccc1C(=O)OC(C)c1ccccc1)c1ccccc1. The molecule has 2 unspecified atom stereocenters. The number of rotatable bonds is 6. The predicted octanol–water partition coefficient (Wildman–Crippen LogP) is 5.52. The number of benzene rings is 3. The highest BCUT2D eigenvalue weighted by molar-refractivity contribution is 6.03. The largest absolute Gasteiger partial charge is 0.454 e. The Kier molecular flexibility index (Phi) is 6.22. The summed E-state index contributed by atoms with van der Waals surface area (Å²) in [5.74, 6) is -1.12. The lowest BCUT2D eigenvalue weighted by molar-refractivity contribution is 0.0288. The summed E-state index contributed by atoms with van der Waals surface area (Å²) >= 11 is 0. The Morgan fingerprint density at radius 2 is 0.893 bits per heavy atom. The lowest BCUT2D eigenvalue weighted by Crippen LogP contribution is -2.16. The maximum absolute atomic E-state index is 12.7. The molecule has 0 fully saturated rings. The number of carbonyl (C=O) groups excluding carboxylic acids is 2. The standard InChI is InChI=1S/C24H22O4/c1-17(19-11-5-3-6-12-19)27-23(25)21-15-9-10-16-22(21)24(26)28-18(2)20-13-7-4-8-14-20/h3-18H,1-2H3. The first-order valence-corrected chi connectivity index (χ1v) is 9.17. The van der Waals surface area contributed by atoms with Gasteiger partial charge in [-0.3, -0.25) is 0 Å². The summed E-state index contributed by atoms with van der Waals surface area (Å²) in [5.41, 5.74) is 2.15. The summed E-state index contributed by atoms with van der Waals surface area (Å²) in [6.45, 7) is 3.59. The maximum Gasteiger partial charge on any atom is 0.339 e. The summed E-state index contributed by atoms with van der Waals surface area (Å²) in [6, 6.07) is 25.4. The molecule has 142 valence electrons. The van der Waals surface area contributed by atoms with Gasteiger partial charge in [-0.1, -0.05) is 72.8 Å². The van der Waals surface area contributed by atoms with Crippen molar-refractivity contribution in [3.05, 3.63) is 107 Å². The van der Waals surface area contributed by atoms with Gasteiger partial charge in [-0.05, 0) is 37.1 Å². The van der Waals surface area contributed by atoms with Crippen molar-refractivity contribution in [1.82, 2.24) is 0 Å². The van der Waals surface area contributed by atoms with Crippen LogP contribution in [0, 0.1) is 0 Å². The van der Waals surface area contributed by atoms with Gasteiger partial charge in [0.05, 0.1) is 11.1 Å². The zero-order valence-corrected chi connectivity index (χ0v) is 15.9. The van der Waals surface area contributed by atoms with E-state index in [4.69, 9.17) is 9.47 Å². The van der Waals surface area contributed by atoms with Gasteiger partial charge in [0.2, 0.25) is 0 Å². The Morgan fingerprint density at radius 3 is 1.25 bits per heavy atom. The quantitative estimate of drug-likeness (QED) is 0.533. The van der Waals surface area contributed by atoms with E-state index < -0.39 is 24.1 Å². The van der Waals surface area contributed by atoms with Crippen molar-refractivity contribution in [3.8, 4) is 0 Å². The third kappa shape index (κ3) is 4.65. The van der Waals surface area contributed by atoms with Crippen molar-refractivity contribution in [3.63, 3.8) is 0 Å². The summed E-state index contributed by atoms with van der Waals surface area (Å²) in [5, 5.41) is 0. The molecule has 0 aromatic heterocycles. The molecule has 0 saturated carbocycles. The summed E-state index contributed by atoms with van der Waals surface area (Å²) in [7, 11) is 0. The molecule has 0 aliphatic carbocycles. The van der Waals surface area contributed by atoms with Gasteiger partial charge in [0, 0.05) is 0 Å². The second-order valence-corrected chi connectivity index (χ2v) is 6.46. The van der Waals surface area contributed by atoms with Crippen LogP contribution >= 0.6 is 0 Å². The third-order valence-corrected chi connectivity index (χ3v) is 4.47.